The lowest BCUT2D eigenvalue weighted by Gasteiger charge is -2.10. The van der Waals surface area contributed by atoms with E-state index in [2.05, 4.69) is 55.5 Å². The van der Waals surface area contributed by atoms with Crippen LogP contribution in [0.25, 0.3) is 0 Å². The third kappa shape index (κ3) is 5.56. The van der Waals surface area contributed by atoms with Crippen molar-refractivity contribution in [3.8, 4) is 11.5 Å². The monoisotopic (exact) mass is 564 g/mol. The molecule has 0 bridgehead atoms. The summed E-state index contributed by atoms with van der Waals surface area (Å²) in [7, 11) is 0. The van der Waals surface area contributed by atoms with Crippen LogP contribution in [0.5, 0.6) is 11.5 Å². The molecule has 0 aliphatic rings. The number of hydrogen-bond acceptors (Lipinski definition) is 4. The Kier molecular flexibility index (Phi) is 7.05. The fourth-order valence-electron chi connectivity index (χ4n) is 2.11. The van der Waals surface area contributed by atoms with Gasteiger partial charge < -0.3 is 15.5 Å². The van der Waals surface area contributed by atoms with Gasteiger partial charge in [-0.1, -0.05) is 6.07 Å². The van der Waals surface area contributed by atoms with E-state index in [4.69, 9.17) is 0 Å². The summed E-state index contributed by atoms with van der Waals surface area (Å²) in [6.45, 7) is 4.03. The first-order valence-corrected chi connectivity index (χ1v) is 9.72. The molecule has 2 aromatic carbocycles. The number of halogens is 2. The second-order valence-electron chi connectivity index (χ2n) is 5.68. The van der Waals surface area contributed by atoms with Crippen molar-refractivity contribution >= 4 is 57.3 Å². The van der Waals surface area contributed by atoms with E-state index in [1.165, 1.54) is 0 Å². The fraction of sp³-hybridized carbons (Fsp3) is 0.222. The van der Waals surface area contributed by atoms with Crippen LogP contribution in [0.2, 0.25) is 0 Å². The van der Waals surface area contributed by atoms with Crippen LogP contribution in [0.1, 0.15) is 28.4 Å². The SMILES string of the molecule is Cc1ccc(C(=O)NCC(C)N=Cc2cc(I)cc(I)c2O)c(O)c1. The molecule has 0 saturated heterocycles. The van der Waals surface area contributed by atoms with Gasteiger partial charge in [0.05, 0.1) is 15.2 Å². The van der Waals surface area contributed by atoms with E-state index in [0.29, 0.717) is 12.1 Å². The standard InChI is InChI=1S/C18H18I2N2O3/c1-10-3-4-14(16(23)5-10)18(25)22-8-11(2)21-9-12-6-13(19)7-15(20)17(12)24/h3-7,9,11,23-24H,8H2,1-2H3,(H,22,25). The number of aryl methyl sites for hydroxylation is 1. The number of benzene rings is 2. The maximum atomic E-state index is 12.1. The Labute approximate surface area is 173 Å². The van der Waals surface area contributed by atoms with E-state index in [9.17, 15) is 15.0 Å². The first-order chi connectivity index (χ1) is 11.8. The second-order valence-corrected chi connectivity index (χ2v) is 8.09. The van der Waals surface area contributed by atoms with Crippen molar-refractivity contribution in [3.63, 3.8) is 0 Å². The minimum Gasteiger partial charge on any atom is -0.507 e. The number of carbonyl (C=O) groups is 1. The summed E-state index contributed by atoms with van der Waals surface area (Å²) in [6.07, 6.45) is 1.61. The lowest BCUT2D eigenvalue weighted by molar-refractivity contribution is 0.0949. The van der Waals surface area contributed by atoms with Gasteiger partial charge in [-0.05, 0) is 88.9 Å². The molecule has 3 N–H and O–H groups in total. The molecule has 25 heavy (non-hydrogen) atoms. The Morgan fingerprint density at radius 3 is 2.68 bits per heavy atom. The molecular formula is C18H18I2N2O3. The van der Waals surface area contributed by atoms with Gasteiger partial charge in [-0.15, -0.1) is 0 Å². The lowest BCUT2D eigenvalue weighted by Crippen LogP contribution is -2.30. The van der Waals surface area contributed by atoms with Crippen LogP contribution in [-0.4, -0.2) is 34.9 Å². The number of nitrogens with zero attached hydrogens (tertiary/aromatic N) is 1. The first-order valence-electron chi connectivity index (χ1n) is 7.57. The summed E-state index contributed by atoms with van der Waals surface area (Å²) in [5, 5.41) is 22.7. The fourth-order valence-corrected chi connectivity index (χ4v) is 4.00. The molecule has 0 aliphatic carbocycles. The summed E-state index contributed by atoms with van der Waals surface area (Å²) in [4.78, 5) is 16.5. The number of aromatic hydroxyl groups is 2. The molecule has 0 radical (unpaired) electrons. The molecule has 2 rings (SSSR count). The molecule has 0 saturated carbocycles. The zero-order chi connectivity index (χ0) is 18.6. The van der Waals surface area contributed by atoms with E-state index in [1.807, 2.05) is 26.0 Å². The van der Waals surface area contributed by atoms with Crippen molar-refractivity contribution in [2.24, 2.45) is 4.99 Å². The van der Waals surface area contributed by atoms with Gasteiger partial charge in [-0.2, -0.15) is 0 Å². The Balaban J connectivity index is 1.98. The van der Waals surface area contributed by atoms with Gasteiger partial charge in [-0.3, -0.25) is 9.79 Å². The molecule has 7 heteroatoms. The molecule has 1 unspecified atom stereocenters. The Hall–Kier alpha value is -1.36. The van der Waals surface area contributed by atoms with E-state index in [1.54, 1.807) is 24.4 Å². The average Bonchev–Trinajstić information content (AvgIpc) is 2.54. The molecule has 132 valence electrons. The third-order valence-electron chi connectivity index (χ3n) is 3.48. The normalized spacial score (nSPS) is 12.3. The smallest absolute Gasteiger partial charge is 0.255 e. The van der Waals surface area contributed by atoms with Crippen molar-refractivity contribution in [2.45, 2.75) is 19.9 Å². The second kappa shape index (κ2) is 8.84. The molecule has 5 nitrogen and oxygen atoms in total. The number of hydrogen-bond donors (Lipinski definition) is 3. The summed E-state index contributed by atoms with van der Waals surface area (Å²) in [5.74, 6) is -0.177. The highest BCUT2D eigenvalue weighted by molar-refractivity contribution is 14.1. The van der Waals surface area contributed by atoms with Crippen molar-refractivity contribution in [1.82, 2.24) is 5.32 Å². The van der Waals surface area contributed by atoms with Gasteiger partial charge in [0.15, 0.2) is 0 Å². The average molecular weight is 564 g/mol. The summed E-state index contributed by atoms with van der Waals surface area (Å²) < 4.78 is 1.78. The highest BCUT2D eigenvalue weighted by Gasteiger charge is 2.12. The summed E-state index contributed by atoms with van der Waals surface area (Å²) in [5.41, 5.74) is 1.77. The molecule has 0 aliphatic heterocycles. The minimum absolute atomic E-state index is 0.0352. The Morgan fingerprint density at radius 1 is 1.28 bits per heavy atom. The molecule has 2 aromatic rings. The van der Waals surface area contributed by atoms with Crippen LogP contribution in [0, 0.1) is 14.1 Å². The molecule has 1 amide bonds. The van der Waals surface area contributed by atoms with Crippen LogP contribution in [0.15, 0.2) is 35.3 Å². The molecule has 0 spiro atoms. The van der Waals surface area contributed by atoms with Crippen molar-refractivity contribution < 1.29 is 15.0 Å². The van der Waals surface area contributed by atoms with Gasteiger partial charge in [0, 0.05) is 21.9 Å². The van der Waals surface area contributed by atoms with Crippen molar-refractivity contribution in [3.05, 3.63) is 54.2 Å². The highest BCUT2D eigenvalue weighted by Crippen LogP contribution is 2.25. The van der Waals surface area contributed by atoms with E-state index >= 15 is 0 Å². The van der Waals surface area contributed by atoms with Gasteiger partial charge in [0.25, 0.3) is 5.91 Å². The van der Waals surface area contributed by atoms with E-state index in [0.717, 1.165) is 12.7 Å². The third-order valence-corrected chi connectivity index (χ3v) is 4.93. The largest absolute Gasteiger partial charge is 0.507 e. The van der Waals surface area contributed by atoms with Crippen LogP contribution >= 0.6 is 45.2 Å². The number of amides is 1. The van der Waals surface area contributed by atoms with Crippen LogP contribution < -0.4 is 5.32 Å². The molecule has 0 aromatic heterocycles. The molecule has 1 atom stereocenters. The zero-order valence-electron chi connectivity index (χ0n) is 13.8. The van der Waals surface area contributed by atoms with Crippen molar-refractivity contribution in [2.75, 3.05) is 6.54 Å². The molecular weight excluding hydrogens is 546 g/mol. The number of carbonyl (C=O) groups excluding carboxylic acids is 1. The minimum atomic E-state index is -0.341. The highest BCUT2D eigenvalue weighted by atomic mass is 127. The maximum absolute atomic E-state index is 12.1. The number of phenols is 2. The quantitative estimate of drug-likeness (QED) is 0.382. The number of phenolic OH excluding ortho intramolecular Hbond substituents is 2. The molecule has 0 heterocycles. The number of nitrogens with one attached hydrogen (secondary N) is 1. The first kappa shape index (κ1) is 20.0. The Bertz CT molecular complexity index is 822. The number of rotatable bonds is 5. The van der Waals surface area contributed by atoms with Crippen LogP contribution in [-0.2, 0) is 0 Å². The Morgan fingerprint density at radius 2 is 2.00 bits per heavy atom. The van der Waals surface area contributed by atoms with Crippen molar-refractivity contribution in [1.29, 1.82) is 0 Å². The van der Waals surface area contributed by atoms with Gasteiger partial charge in [0.1, 0.15) is 11.5 Å². The summed E-state index contributed by atoms with van der Waals surface area (Å²) >= 11 is 4.26. The predicted molar refractivity (Wildman–Crippen MR) is 116 cm³/mol. The number of aliphatic imine (C=N–C) groups is 1. The van der Waals surface area contributed by atoms with Gasteiger partial charge >= 0.3 is 0 Å². The van der Waals surface area contributed by atoms with Gasteiger partial charge in [-0.25, -0.2) is 0 Å². The van der Waals surface area contributed by atoms with Crippen LogP contribution in [0.4, 0.5) is 0 Å². The van der Waals surface area contributed by atoms with Gasteiger partial charge in [0.2, 0.25) is 0 Å². The summed E-state index contributed by atoms with van der Waals surface area (Å²) in [6, 6.07) is 8.48. The van der Waals surface area contributed by atoms with E-state index in [-0.39, 0.29) is 29.0 Å². The topological polar surface area (TPSA) is 81.9 Å². The maximum Gasteiger partial charge on any atom is 0.255 e. The van der Waals surface area contributed by atoms with E-state index < -0.39 is 0 Å². The van der Waals surface area contributed by atoms with Crippen LogP contribution in [0.3, 0.4) is 0 Å². The lowest BCUT2D eigenvalue weighted by atomic mass is 10.1. The molecule has 0 fully saturated rings. The predicted octanol–water partition coefficient (Wildman–Crippen LogP) is 3.85. The zero-order valence-corrected chi connectivity index (χ0v) is 18.1.